The van der Waals surface area contributed by atoms with E-state index < -0.39 is 17.9 Å². The molecule has 0 amide bonds. The van der Waals surface area contributed by atoms with E-state index in [9.17, 15) is 0 Å². The van der Waals surface area contributed by atoms with Crippen LogP contribution in [-0.2, 0) is 17.9 Å². The van der Waals surface area contributed by atoms with E-state index in [1.54, 1.807) is 0 Å². The second kappa shape index (κ2) is 5.46. The van der Waals surface area contributed by atoms with Gasteiger partial charge in [-0.1, -0.05) is 0 Å². The number of halogens is 2. The summed E-state index contributed by atoms with van der Waals surface area (Å²) in [5.74, 6) is 0. The second-order valence-corrected chi connectivity index (χ2v) is 23.7. The van der Waals surface area contributed by atoms with Crippen molar-refractivity contribution in [1.82, 2.24) is 0 Å². The van der Waals surface area contributed by atoms with Crippen LogP contribution in [-0.4, -0.2) is 0 Å². The Morgan fingerprint density at radius 1 is 0.792 bits per heavy atom. The molecule has 132 valence electrons. The van der Waals surface area contributed by atoms with Gasteiger partial charge in [0.1, 0.15) is 0 Å². The van der Waals surface area contributed by atoms with Crippen molar-refractivity contribution < 1.29 is 17.9 Å². The van der Waals surface area contributed by atoms with Crippen molar-refractivity contribution in [3.05, 3.63) is 41.0 Å². The fourth-order valence-electron chi connectivity index (χ4n) is 4.89. The van der Waals surface area contributed by atoms with Gasteiger partial charge < -0.3 is 0 Å². The number of hydrogen-bond donors (Lipinski definition) is 0. The maximum atomic E-state index is 7.32. The molecule has 4 bridgehead atoms. The summed E-state index contributed by atoms with van der Waals surface area (Å²) < 4.78 is 2.82. The van der Waals surface area contributed by atoms with E-state index in [1.807, 2.05) is 0 Å². The van der Waals surface area contributed by atoms with Gasteiger partial charge in [-0.15, -0.1) is 0 Å². The van der Waals surface area contributed by atoms with Gasteiger partial charge in [-0.3, -0.25) is 0 Å². The molecule has 0 aromatic carbocycles. The van der Waals surface area contributed by atoms with Crippen LogP contribution in [0.15, 0.2) is 41.0 Å². The van der Waals surface area contributed by atoms with E-state index in [1.165, 1.54) is 28.9 Å². The van der Waals surface area contributed by atoms with Gasteiger partial charge in [-0.05, 0) is 0 Å². The van der Waals surface area contributed by atoms with E-state index in [2.05, 4.69) is 67.5 Å². The van der Waals surface area contributed by atoms with Gasteiger partial charge in [-0.2, -0.15) is 0 Å². The van der Waals surface area contributed by atoms with Gasteiger partial charge in [0.05, 0.1) is 0 Å². The Kier molecular flexibility index (Phi) is 4.37. The average molecular weight is 445 g/mol. The zero-order valence-corrected chi connectivity index (χ0v) is 20.3. The fourth-order valence-corrected chi connectivity index (χ4v) is 15.7. The number of hydrogen-bond acceptors (Lipinski definition) is 0. The molecule has 0 N–H and O–H groups in total. The molecule has 0 aromatic rings. The van der Waals surface area contributed by atoms with Crippen molar-refractivity contribution in [2.45, 2.75) is 68.2 Å². The zero-order valence-electron chi connectivity index (χ0n) is 16.3. The Morgan fingerprint density at radius 2 is 1.12 bits per heavy atom. The summed E-state index contributed by atoms with van der Waals surface area (Å²) in [5.41, 5.74) is 6.06. The van der Waals surface area contributed by atoms with Crippen molar-refractivity contribution in [1.29, 1.82) is 0 Å². The molecule has 0 radical (unpaired) electrons. The van der Waals surface area contributed by atoms with E-state index in [0.717, 1.165) is 12.8 Å². The molecule has 3 heteroatoms. The zero-order chi connectivity index (χ0) is 18.3. The summed E-state index contributed by atoms with van der Waals surface area (Å²) >= 11 is -3.55. The molecule has 0 spiro atoms. The molecule has 1 aliphatic heterocycles. The summed E-state index contributed by atoms with van der Waals surface area (Å²) in [5, 5.41) is 0. The molecule has 0 nitrogen and oxygen atoms in total. The first kappa shape index (κ1) is 19.2. The molecule has 0 unspecified atom stereocenters. The molecular formula is C21H30Cl2Zr. The van der Waals surface area contributed by atoms with Crippen LogP contribution in [0.25, 0.3) is 0 Å². The average Bonchev–Trinajstić information content (AvgIpc) is 3.02. The van der Waals surface area contributed by atoms with Crippen LogP contribution in [0, 0.1) is 16.2 Å². The van der Waals surface area contributed by atoms with Crippen LogP contribution in [0.4, 0.5) is 0 Å². The van der Waals surface area contributed by atoms with E-state index >= 15 is 0 Å². The molecule has 0 atom stereocenters. The normalized spacial score (nSPS) is 25.6. The van der Waals surface area contributed by atoms with Crippen LogP contribution >= 0.6 is 17.0 Å². The Balaban J connectivity index is 2.40. The molecule has 0 saturated heterocycles. The Bertz CT molecular complexity index is 669. The summed E-state index contributed by atoms with van der Waals surface area (Å²) in [6.07, 6.45) is 6.77. The first-order valence-electron chi connectivity index (χ1n) is 8.98. The molecule has 24 heavy (non-hydrogen) atoms. The van der Waals surface area contributed by atoms with Gasteiger partial charge in [0.15, 0.2) is 0 Å². The minimum atomic E-state index is -3.55. The minimum absolute atomic E-state index is 0.0187. The van der Waals surface area contributed by atoms with Crippen molar-refractivity contribution >= 4 is 17.0 Å². The SMILES string of the molecule is CC(C)(C)C1=[C]2CC=C1C(C)(C)C1=CC[C](=C1C(C)(C)C)[Zr]2([Cl])[Cl]. The number of rotatable bonds is 0. The molecule has 0 fully saturated rings. The van der Waals surface area contributed by atoms with E-state index in [4.69, 9.17) is 17.0 Å². The molecular weight excluding hydrogens is 414 g/mol. The Labute approximate surface area is 159 Å². The monoisotopic (exact) mass is 442 g/mol. The van der Waals surface area contributed by atoms with Crippen LogP contribution in [0.3, 0.4) is 0 Å². The van der Waals surface area contributed by atoms with Gasteiger partial charge in [0.2, 0.25) is 0 Å². The summed E-state index contributed by atoms with van der Waals surface area (Å²) in [7, 11) is 14.6. The standard InChI is InChI=1S/C21H30.2ClH.Zr/c1-19(2,3)15-11-9-13-17(15)21(7,8)18-14-10-12-16(18)20(4,5)6;;;/h13-14H,9-10H2,1-8H3;2*1H;/q;;;+2/p-2. The second-order valence-electron chi connectivity index (χ2n) is 10.1. The van der Waals surface area contributed by atoms with Crippen molar-refractivity contribution in [2.75, 3.05) is 0 Å². The van der Waals surface area contributed by atoms with Gasteiger partial charge in [0, 0.05) is 0 Å². The van der Waals surface area contributed by atoms with Crippen LogP contribution in [0.5, 0.6) is 0 Å². The third-order valence-electron chi connectivity index (χ3n) is 5.77. The molecule has 0 aromatic heterocycles. The first-order valence-corrected chi connectivity index (χ1v) is 17.8. The molecule has 1 heterocycles. The van der Waals surface area contributed by atoms with Crippen molar-refractivity contribution in [3.63, 3.8) is 0 Å². The third-order valence-corrected chi connectivity index (χ3v) is 17.1. The first-order chi connectivity index (χ1) is 10.7. The quantitative estimate of drug-likeness (QED) is 0.358. The van der Waals surface area contributed by atoms with Crippen molar-refractivity contribution in [2.24, 2.45) is 16.2 Å². The number of allylic oxidation sites excluding steroid dienone is 8. The molecule has 2 aliphatic carbocycles. The topological polar surface area (TPSA) is 0 Å². The molecule has 0 saturated carbocycles. The number of fused-ring (bicyclic) bond motifs is 2. The van der Waals surface area contributed by atoms with Gasteiger partial charge in [-0.25, -0.2) is 0 Å². The van der Waals surface area contributed by atoms with Crippen LogP contribution in [0.2, 0.25) is 0 Å². The maximum absolute atomic E-state index is 7.32. The predicted molar refractivity (Wildman–Crippen MR) is 104 cm³/mol. The predicted octanol–water partition coefficient (Wildman–Crippen LogP) is 7.75. The van der Waals surface area contributed by atoms with Gasteiger partial charge >= 0.3 is 160 Å². The van der Waals surface area contributed by atoms with Gasteiger partial charge in [0.25, 0.3) is 0 Å². The van der Waals surface area contributed by atoms with Crippen molar-refractivity contribution in [3.8, 4) is 0 Å². The molecule has 3 aliphatic rings. The Hall–Kier alpha value is 0.423. The third kappa shape index (κ3) is 2.64. The van der Waals surface area contributed by atoms with E-state index in [0.29, 0.717) is 0 Å². The fraction of sp³-hybridized carbons (Fsp3) is 0.619. The summed E-state index contributed by atoms with van der Waals surface area (Å²) in [4.78, 5) is 0. The molecule has 3 rings (SSSR count). The van der Waals surface area contributed by atoms with E-state index in [-0.39, 0.29) is 16.2 Å². The van der Waals surface area contributed by atoms with Crippen LogP contribution in [0.1, 0.15) is 68.2 Å². The summed E-state index contributed by atoms with van der Waals surface area (Å²) in [6.45, 7) is 18.6. The van der Waals surface area contributed by atoms with Crippen LogP contribution < -0.4 is 0 Å². The summed E-state index contributed by atoms with van der Waals surface area (Å²) in [6, 6.07) is 0. The Morgan fingerprint density at radius 3 is 1.42 bits per heavy atom.